The molecule has 116 valence electrons. The molecule has 4 nitrogen and oxygen atoms in total. The van der Waals surface area contributed by atoms with E-state index in [-0.39, 0.29) is 18.2 Å². The van der Waals surface area contributed by atoms with Crippen molar-refractivity contribution >= 4 is 29.2 Å². The number of ether oxygens (including phenoxy) is 1. The Bertz CT molecular complexity index is 839. The molecule has 3 aliphatic rings. The van der Waals surface area contributed by atoms with Gasteiger partial charge in [0.15, 0.2) is 0 Å². The van der Waals surface area contributed by atoms with Crippen LogP contribution < -0.4 is 4.72 Å². The summed E-state index contributed by atoms with van der Waals surface area (Å²) in [6.45, 7) is 0. The average molecular weight is 328 g/mol. The minimum Gasteiger partial charge on any atom is -0.468 e. The fraction of sp³-hybridized carbons (Fsp3) is 0.176. The second kappa shape index (κ2) is 5.47. The monoisotopic (exact) mass is 328 g/mol. The molecule has 2 aliphatic heterocycles. The van der Waals surface area contributed by atoms with Crippen molar-refractivity contribution in [3.8, 4) is 0 Å². The molecule has 0 saturated carbocycles. The van der Waals surface area contributed by atoms with E-state index in [9.17, 15) is 9.18 Å². The third-order valence-electron chi connectivity index (χ3n) is 4.07. The number of methoxy groups -OCH3 is 1. The van der Waals surface area contributed by atoms with Gasteiger partial charge < -0.3 is 4.74 Å². The summed E-state index contributed by atoms with van der Waals surface area (Å²) in [4.78, 5) is 17.2. The molecule has 23 heavy (non-hydrogen) atoms. The Morgan fingerprint density at radius 2 is 2.26 bits per heavy atom. The Morgan fingerprint density at radius 1 is 1.39 bits per heavy atom. The number of hydrogen-bond donors (Lipinski definition) is 1. The van der Waals surface area contributed by atoms with E-state index in [2.05, 4.69) is 9.71 Å². The summed E-state index contributed by atoms with van der Waals surface area (Å²) in [7, 11) is 1.38. The van der Waals surface area contributed by atoms with Crippen molar-refractivity contribution in [1.29, 1.82) is 0 Å². The van der Waals surface area contributed by atoms with Crippen LogP contribution in [0.25, 0.3) is 5.57 Å². The summed E-state index contributed by atoms with van der Waals surface area (Å²) in [5, 5.41) is 0. The van der Waals surface area contributed by atoms with E-state index >= 15 is 0 Å². The number of allylic oxidation sites excluding steroid dienone is 5. The highest BCUT2D eigenvalue weighted by atomic mass is 32.2. The fourth-order valence-corrected chi connectivity index (χ4v) is 3.80. The highest BCUT2D eigenvalue weighted by Crippen LogP contribution is 2.40. The van der Waals surface area contributed by atoms with Crippen LogP contribution in [0.5, 0.6) is 0 Å². The maximum atomic E-state index is 13.4. The summed E-state index contributed by atoms with van der Waals surface area (Å²) in [6.07, 6.45) is 5.24. The Hall–Kier alpha value is -2.18. The smallest absolute Gasteiger partial charge is 0.328 e. The first-order chi connectivity index (χ1) is 11.2. The van der Waals surface area contributed by atoms with E-state index in [1.807, 2.05) is 18.2 Å². The van der Waals surface area contributed by atoms with Crippen LogP contribution in [0.4, 0.5) is 4.39 Å². The van der Waals surface area contributed by atoms with E-state index in [0.29, 0.717) is 0 Å². The molecule has 1 aliphatic carbocycles. The lowest BCUT2D eigenvalue weighted by molar-refractivity contribution is -0.142. The van der Waals surface area contributed by atoms with Gasteiger partial charge in [-0.05, 0) is 47.4 Å². The number of aliphatic imine (C=N–C) groups is 1. The molecule has 1 aromatic rings. The number of carbonyl (C=O) groups excluding carboxylic acids is 1. The van der Waals surface area contributed by atoms with Gasteiger partial charge in [-0.25, -0.2) is 13.9 Å². The average Bonchev–Trinajstić information content (AvgIpc) is 3.16. The number of nitrogens with one attached hydrogen (secondary N) is 1. The molecule has 0 radical (unpaired) electrons. The number of nitrogens with zero attached hydrogens (tertiary/aromatic N) is 1. The van der Waals surface area contributed by atoms with E-state index in [0.717, 1.165) is 32.9 Å². The minimum atomic E-state index is -0.472. The zero-order valence-electron chi connectivity index (χ0n) is 12.3. The number of hydrogen-bond acceptors (Lipinski definition) is 5. The van der Waals surface area contributed by atoms with E-state index in [4.69, 9.17) is 4.74 Å². The minimum absolute atomic E-state index is 0.178. The van der Waals surface area contributed by atoms with Gasteiger partial charge in [-0.15, -0.1) is 0 Å². The van der Waals surface area contributed by atoms with Gasteiger partial charge in [-0.2, -0.15) is 0 Å². The van der Waals surface area contributed by atoms with Gasteiger partial charge >= 0.3 is 5.97 Å². The number of esters is 1. The molecule has 1 aromatic carbocycles. The molecule has 2 heterocycles. The number of carbonyl (C=O) groups is 1. The Labute approximate surface area is 137 Å². The van der Waals surface area contributed by atoms with Gasteiger partial charge in [0.25, 0.3) is 0 Å². The molecular weight excluding hydrogens is 315 g/mol. The van der Waals surface area contributed by atoms with Crippen LogP contribution in [0, 0.1) is 0 Å². The predicted molar refractivity (Wildman–Crippen MR) is 87.5 cm³/mol. The Kier molecular flexibility index (Phi) is 3.43. The first-order valence-electron chi connectivity index (χ1n) is 7.16. The lowest BCUT2D eigenvalue weighted by atomic mass is 9.91. The van der Waals surface area contributed by atoms with Gasteiger partial charge in [0.2, 0.25) is 0 Å². The van der Waals surface area contributed by atoms with Crippen LogP contribution >= 0.6 is 11.9 Å². The van der Waals surface area contributed by atoms with Gasteiger partial charge in [0.1, 0.15) is 11.9 Å². The third-order valence-corrected chi connectivity index (χ3v) is 5.02. The molecule has 1 unspecified atom stereocenters. The van der Waals surface area contributed by atoms with Crippen molar-refractivity contribution < 1.29 is 13.9 Å². The normalized spacial score (nSPS) is 21.7. The fourth-order valence-electron chi connectivity index (χ4n) is 2.90. The van der Waals surface area contributed by atoms with Crippen LogP contribution in [0.15, 0.2) is 57.8 Å². The van der Waals surface area contributed by atoms with Crippen LogP contribution in [0.2, 0.25) is 0 Å². The van der Waals surface area contributed by atoms with Crippen molar-refractivity contribution in [2.75, 3.05) is 7.11 Å². The van der Waals surface area contributed by atoms with Crippen molar-refractivity contribution in [3.63, 3.8) is 0 Å². The summed E-state index contributed by atoms with van der Waals surface area (Å²) in [5.74, 6) is -0.491. The maximum absolute atomic E-state index is 13.4. The molecule has 0 aromatic heterocycles. The largest absolute Gasteiger partial charge is 0.468 e. The highest BCUT2D eigenvalue weighted by molar-refractivity contribution is 7.97. The zero-order chi connectivity index (χ0) is 16.0. The summed E-state index contributed by atoms with van der Waals surface area (Å²) >= 11 is 1.42. The quantitative estimate of drug-likeness (QED) is 0.667. The van der Waals surface area contributed by atoms with Gasteiger partial charge in [0, 0.05) is 28.7 Å². The first kappa shape index (κ1) is 14.4. The van der Waals surface area contributed by atoms with E-state index in [1.54, 1.807) is 12.3 Å². The molecule has 0 amide bonds. The maximum Gasteiger partial charge on any atom is 0.328 e. The van der Waals surface area contributed by atoms with Crippen LogP contribution in [-0.4, -0.2) is 18.8 Å². The summed E-state index contributed by atoms with van der Waals surface area (Å²) in [6, 6.07) is 5.47. The van der Waals surface area contributed by atoms with Gasteiger partial charge in [-0.3, -0.25) is 4.99 Å². The second-order valence-corrected chi connectivity index (χ2v) is 6.30. The molecule has 4 rings (SSSR count). The molecule has 0 spiro atoms. The van der Waals surface area contributed by atoms with E-state index in [1.165, 1.54) is 25.1 Å². The van der Waals surface area contributed by atoms with Gasteiger partial charge in [0.05, 0.1) is 12.8 Å². The topological polar surface area (TPSA) is 50.7 Å². The molecule has 6 heteroatoms. The molecule has 1 N–H and O–H groups in total. The lowest BCUT2D eigenvalue weighted by Crippen LogP contribution is -2.20. The van der Waals surface area contributed by atoms with Crippen LogP contribution in [0.1, 0.15) is 23.6 Å². The van der Waals surface area contributed by atoms with Crippen molar-refractivity contribution in [3.05, 3.63) is 59.1 Å². The zero-order valence-corrected chi connectivity index (χ0v) is 13.1. The number of rotatable bonds is 2. The van der Waals surface area contributed by atoms with Crippen LogP contribution in [0.3, 0.4) is 0 Å². The van der Waals surface area contributed by atoms with Crippen molar-refractivity contribution in [2.45, 2.75) is 17.4 Å². The molecule has 0 saturated heterocycles. The van der Waals surface area contributed by atoms with Crippen molar-refractivity contribution in [2.24, 2.45) is 4.99 Å². The second-order valence-electron chi connectivity index (χ2n) is 5.42. The SMILES string of the molecule is COC(=O)C1NSc2ccc(C3=CN=C4CC(F)=CC=C34)cc21. The third kappa shape index (κ3) is 2.34. The number of halogens is 1. The molecule has 0 bridgehead atoms. The molecular formula is C17H13FN2O2S. The van der Waals surface area contributed by atoms with E-state index < -0.39 is 6.04 Å². The Morgan fingerprint density at radius 3 is 3.09 bits per heavy atom. The lowest BCUT2D eigenvalue weighted by Gasteiger charge is -2.13. The van der Waals surface area contributed by atoms with Crippen LogP contribution in [-0.2, 0) is 9.53 Å². The summed E-state index contributed by atoms with van der Waals surface area (Å²) in [5.41, 5.74) is 4.50. The standard InChI is InChI=1S/C17H13FN2O2S/c1-22-17(21)16-12-6-9(2-5-15(12)23-20-16)13-8-19-14-7-10(18)3-4-11(13)14/h2-6,8,16,20H,7H2,1H3. The Balaban J connectivity index is 1.71. The van der Waals surface area contributed by atoms with Crippen molar-refractivity contribution in [1.82, 2.24) is 4.72 Å². The highest BCUT2D eigenvalue weighted by Gasteiger charge is 2.31. The predicted octanol–water partition coefficient (Wildman–Crippen LogP) is 3.49. The number of fused-ring (bicyclic) bond motifs is 2. The first-order valence-corrected chi connectivity index (χ1v) is 7.97. The molecule has 1 atom stereocenters. The summed E-state index contributed by atoms with van der Waals surface area (Å²) < 4.78 is 21.3. The van der Waals surface area contributed by atoms with Gasteiger partial charge in [-0.1, -0.05) is 6.07 Å². The number of benzene rings is 1. The molecule has 0 fully saturated rings.